The third kappa shape index (κ3) is 3.00. The van der Waals surface area contributed by atoms with Gasteiger partial charge in [0, 0.05) is 5.71 Å². The van der Waals surface area contributed by atoms with Gasteiger partial charge in [0.1, 0.15) is 5.70 Å². The zero-order chi connectivity index (χ0) is 10.8. The van der Waals surface area contributed by atoms with E-state index < -0.39 is 29.6 Å². The summed E-state index contributed by atoms with van der Waals surface area (Å²) in [7, 11) is 0. The summed E-state index contributed by atoms with van der Waals surface area (Å²) in [6.07, 6.45) is -8.41. The van der Waals surface area contributed by atoms with E-state index in [1.54, 1.807) is 0 Å². The van der Waals surface area contributed by atoms with Crippen molar-refractivity contribution >= 4 is 5.71 Å². The number of nitrogens with one attached hydrogen (secondary N) is 1. The number of allylic oxidation sites excluding steroid dienone is 2. The molecular formula is C6H7F5N2. The van der Waals surface area contributed by atoms with E-state index >= 15 is 0 Å². The summed E-state index contributed by atoms with van der Waals surface area (Å²) in [5.74, 6) is 0. The lowest BCUT2D eigenvalue weighted by Gasteiger charge is -2.12. The van der Waals surface area contributed by atoms with Crippen LogP contribution in [0.3, 0.4) is 0 Å². The van der Waals surface area contributed by atoms with Crippen molar-refractivity contribution in [2.75, 3.05) is 0 Å². The summed E-state index contributed by atoms with van der Waals surface area (Å²) in [5.41, 5.74) is 0.174. The van der Waals surface area contributed by atoms with E-state index in [-0.39, 0.29) is 0 Å². The monoisotopic (exact) mass is 202 g/mol. The van der Waals surface area contributed by atoms with E-state index in [9.17, 15) is 22.0 Å². The molecule has 0 saturated carbocycles. The van der Waals surface area contributed by atoms with Gasteiger partial charge in [-0.3, -0.25) is 0 Å². The van der Waals surface area contributed by atoms with Gasteiger partial charge in [-0.1, -0.05) is 0 Å². The maximum atomic E-state index is 12.0. The van der Waals surface area contributed by atoms with E-state index in [0.29, 0.717) is 0 Å². The molecule has 3 N–H and O–H groups in total. The van der Waals surface area contributed by atoms with E-state index in [1.807, 2.05) is 0 Å². The van der Waals surface area contributed by atoms with Crippen LogP contribution >= 0.6 is 0 Å². The summed E-state index contributed by atoms with van der Waals surface area (Å²) in [6.45, 7) is 0.820. The number of hydrogen-bond donors (Lipinski definition) is 2. The molecule has 0 unspecified atom stereocenters. The Bertz CT molecular complexity index is 240. The van der Waals surface area contributed by atoms with Crippen LogP contribution in [0.1, 0.15) is 6.92 Å². The van der Waals surface area contributed by atoms with Gasteiger partial charge in [0.2, 0.25) is 0 Å². The van der Waals surface area contributed by atoms with Crippen molar-refractivity contribution in [3.63, 3.8) is 0 Å². The predicted octanol–water partition coefficient (Wildman–Crippen LogP) is 2.07. The summed E-state index contributed by atoms with van der Waals surface area (Å²) in [6, 6.07) is 0. The lowest BCUT2D eigenvalue weighted by molar-refractivity contribution is -0.0943. The second-order valence-electron chi connectivity index (χ2n) is 2.25. The minimum atomic E-state index is -5.02. The number of rotatable bonds is 2. The largest absolute Gasteiger partial charge is 0.431 e. The third-order valence-electron chi connectivity index (χ3n) is 1.22. The second kappa shape index (κ2) is 3.71. The van der Waals surface area contributed by atoms with Crippen LogP contribution in [0.25, 0.3) is 0 Å². The average Bonchev–Trinajstić information content (AvgIpc) is 1.82. The Morgan fingerprint density at radius 3 is 1.77 bits per heavy atom. The highest BCUT2D eigenvalue weighted by molar-refractivity contribution is 5.97. The number of alkyl halides is 5. The highest BCUT2D eigenvalue weighted by atomic mass is 19.4. The molecule has 0 radical (unpaired) electrons. The van der Waals surface area contributed by atoms with Gasteiger partial charge in [0.25, 0.3) is 6.43 Å². The van der Waals surface area contributed by atoms with Gasteiger partial charge in [-0.15, -0.1) is 0 Å². The molecule has 0 aliphatic carbocycles. The molecule has 0 aliphatic rings. The van der Waals surface area contributed by atoms with Crippen LogP contribution in [0, 0.1) is 5.41 Å². The van der Waals surface area contributed by atoms with Crippen LogP contribution in [-0.4, -0.2) is 18.3 Å². The van der Waals surface area contributed by atoms with E-state index in [2.05, 4.69) is 5.73 Å². The van der Waals surface area contributed by atoms with Crippen molar-refractivity contribution in [2.24, 2.45) is 5.73 Å². The van der Waals surface area contributed by atoms with Gasteiger partial charge in [0.05, 0.1) is 5.57 Å². The molecule has 2 nitrogen and oxygen atoms in total. The van der Waals surface area contributed by atoms with Gasteiger partial charge in [-0.25, -0.2) is 8.78 Å². The molecule has 0 rings (SSSR count). The normalized spacial score (nSPS) is 14.4. The van der Waals surface area contributed by atoms with Gasteiger partial charge in [-0.05, 0) is 6.92 Å². The lowest BCUT2D eigenvalue weighted by atomic mass is 10.1. The molecule has 0 fully saturated rings. The van der Waals surface area contributed by atoms with Gasteiger partial charge >= 0.3 is 6.18 Å². The van der Waals surface area contributed by atoms with Gasteiger partial charge in [-0.2, -0.15) is 13.2 Å². The van der Waals surface area contributed by atoms with Crippen LogP contribution in [0.2, 0.25) is 0 Å². The Balaban J connectivity index is 5.23. The first-order chi connectivity index (χ1) is 5.68. The zero-order valence-electron chi connectivity index (χ0n) is 6.54. The number of halogens is 5. The van der Waals surface area contributed by atoms with Crippen LogP contribution in [0.5, 0.6) is 0 Å². The Morgan fingerprint density at radius 1 is 1.31 bits per heavy atom. The SMILES string of the molecule is CC(=N)/C(=C(\N)C(F)(F)F)C(F)F. The smallest absolute Gasteiger partial charge is 0.394 e. The Kier molecular flexibility index (Phi) is 3.39. The lowest BCUT2D eigenvalue weighted by Crippen LogP contribution is -2.26. The minimum absolute atomic E-state index is 0.820. The molecule has 0 spiro atoms. The predicted molar refractivity (Wildman–Crippen MR) is 36.7 cm³/mol. The Hall–Kier alpha value is -1.14. The van der Waals surface area contributed by atoms with E-state index in [1.165, 1.54) is 0 Å². The molecule has 0 amide bonds. The average molecular weight is 202 g/mol. The number of nitrogens with two attached hydrogens (primary N) is 1. The second-order valence-corrected chi connectivity index (χ2v) is 2.25. The Morgan fingerprint density at radius 2 is 1.69 bits per heavy atom. The van der Waals surface area contributed by atoms with Crippen LogP contribution in [0.15, 0.2) is 11.3 Å². The van der Waals surface area contributed by atoms with Crippen molar-refractivity contribution in [3.8, 4) is 0 Å². The fraction of sp³-hybridized carbons (Fsp3) is 0.500. The van der Waals surface area contributed by atoms with E-state index in [4.69, 9.17) is 5.41 Å². The standard InChI is InChI=1S/C6H7F5N2/c1-2(12)3(5(7)8)4(13)6(9,10)11/h5,12H,13H2,1H3/b4-3+,12-2?. The minimum Gasteiger partial charge on any atom is -0.394 e. The molecule has 0 saturated heterocycles. The summed E-state index contributed by atoms with van der Waals surface area (Å²) in [4.78, 5) is 0. The molecule has 0 aromatic rings. The topological polar surface area (TPSA) is 49.9 Å². The molecule has 0 bridgehead atoms. The summed E-state index contributed by atoms with van der Waals surface area (Å²) < 4.78 is 59.3. The van der Waals surface area contributed by atoms with Crippen LogP contribution in [-0.2, 0) is 0 Å². The fourth-order valence-electron chi connectivity index (χ4n) is 0.636. The van der Waals surface area contributed by atoms with Gasteiger partial charge < -0.3 is 11.1 Å². The van der Waals surface area contributed by atoms with Crippen molar-refractivity contribution in [1.29, 1.82) is 5.41 Å². The quantitative estimate of drug-likeness (QED) is 0.522. The summed E-state index contributed by atoms with van der Waals surface area (Å²) >= 11 is 0. The Labute approximate surface area is 70.7 Å². The molecule has 0 aromatic heterocycles. The molecule has 0 aromatic carbocycles. The number of hydrogen-bond acceptors (Lipinski definition) is 2. The third-order valence-corrected chi connectivity index (χ3v) is 1.22. The fourth-order valence-corrected chi connectivity index (χ4v) is 0.636. The molecular weight excluding hydrogens is 195 g/mol. The summed E-state index contributed by atoms with van der Waals surface area (Å²) in [5, 5.41) is 6.67. The molecule has 0 atom stereocenters. The molecule has 0 heterocycles. The first kappa shape index (κ1) is 11.9. The molecule has 13 heavy (non-hydrogen) atoms. The van der Waals surface area contributed by atoms with Crippen molar-refractivity contribution in [3.05, 3.63) is 11.3 Å². The van der Waals surface area contributed by atoms with Crippen molar-refractivity contribution < 1.29 is 22.0 Å². The van der Waals surface area contributed by atoms with Crippen LogP contribution in [0.4, 0.5) is 22.0 Å². The molecule has 76 valence electrons. The first-order valence-electron chi connectivity index (χ1n) is 3.08. The van der Waals surface area contributed by atoms with Crippen molar-refractivity contribution in [1.82, 2.24) is 0 Å². The molecule has 0 aliphatic heterocycles. The van der Waals surface area contributed by atoms with E-state index in [0.717, 1.165) is 6.92 Å². The van der Waals surface area contributed by atoms with Gasteiger partial charge in [0.15, 0.2) is 0 Å². The highest BCUT2D eigenvalue weighted by Gasteiger charge is 2.37. The van der Waals surface area contributed by atoms with Crippen molar-refractivity contribution in [2.45, 2.75) is 19.5 Å². The zero-order valence-corrected chi connectivity index (χ0v) is 6.54. The first-order valence-corrected chi connectivity index (χ1v) is 3.08. The maximum Gasteiger partial charge on any atom is 0.431 e. The van der Waals surface area contributed by atoms with Crippen LogP contribution < -0.4 is 5.73 Å². The molecule has 7 heteroatoms. The maximum absolute atomic E-state index is 12.0. The highest BCUT2D eigenvalue weighted by Crippen LogP contribution is 2.27.